The molecule has 1 N–H and O–H groups in total. The molecule has 0 saturated heterocycles. The molecule has 1 aliphatic rings. The van der Waals surface area contributed by atoms with E-state index in [9.17, 15) is 9.90 Å². The standard InChI is InChI=1S/C21H22O4S/c1-2-15(19-6-4-10-26-19)20-17(22)12-18(25-21(20)23)16(13-7-8-13)11-14-5-3-9-24-14/h3-6,9-10,12-13,15-16,22H,2,7-8,11H2,1H3. The zero-order chi connectivity index (χ0) is 18.1. The van der Waals surface area contributed by atoms with E-state index in [-0.39, 0.29) is 17.6 Å². The lowest BCUT2D eigenvalue weighted by Gasteiger charge is -2.18. The minimum Gasteiger partial charge on any atom is -0.507 e. The van der Waals surface area contributed by atoms with Gasteiger partial charge in [-0.05, 0) is 48.8 Å². The lowest BCUT2D eigenvalue weighted by atomic mass is 9.92. The van der Waals surface area contributed by atoms with E-state index in [0.717, 1.165) is 29.9 Å². The highest BCUT2D eigenvalue weighted by molar-refractivity contribution is 7.10. The van der Waals surface area contributed by atoms with E-state index in [4.69, 9.17) is 8.83 Å². The van der Waals surface area contributed by atoms with Gasteiger partial charge in [-0.1, -0.05) is 13.0 Å². The van der Waals surface area contributed by atoms with Crippen molar-refractivity contribution in [1.29, 1.82) is 0 Å². The third-order valence-electron chi connectivity index (χ3n) is 5.19. The quantitative estimate of drug-likeness (QED) is 0.615. The fraction of sp³-hybridized carbons (Fsp3) is 0.381. The lowest BCUT2D eigenvalue weighted by Crippen LogP contribution is -2.16. The summed E-state index contributed by atoms with van der Waals surface area (Å²) < 4.78 is 11.2. The predicted molar refractivity (Wildman–Crippen MR) is 101 cm³/mol. The summed E-state index contributed by atoms with van der Waals surface area (Å²) in [6.45, 7) is 2.01. The molecule has 0 amide bonds. The fourth-order valence-electron chi connectivity index (χ4n) is 3.69. The zero-order valence-corrected chi connectivity index (χ0v) is 15.5. The predicted octanol–water partition coefficient (Wildman–Crippen LogP) is 5.28. The maximum absolute atomic E-state index is 12.8. The first kappa shape index (κ1) is 17.2. The van der Waals surface area contributed by atoms with E-state index in [1.165, 1.54) is 0 Å². The molecule has 0 bridgehead atoms. The van der Waals surface area contributed by atoms with Crippen LogP contribution in [0, 0.1) is 5.92 Å². The Balaban J connectivity index is 1.69. The van der Waals surface area contributed by atoms with Gasteiger partial charge >= 0.3 is 5.63 Å². The highest BCUT2D eigenvalue weighted by Crippen LogP contribution is 2.45. The molecule has 0 aromatic carbocycles. The first-order valence-corrected chi connectivity index (χ1v) is 9.98. The van der Waals surface area contributed by atoms with Crippen LogP contribution in [0.5, 0.6) is 5.75 Å². The van der Waals surface area contributed by atoms with Crippen molar-refractivity contribution in [2.24, 2.45) is 5.92 Å². The molecule has 3 aromatic rings. The second kappa shape index (κ2) is 7.16. The van der Waals surface area contributed by atoms with Crippen LogP contribution in [-0.4, -0.2) is 5.11 Å². The van der Waals surface area contributed by atoms with E-state index < -0.39 is 5.63 Å². The van der Waals surface area contributed by atoms with Crippen molar-refractivity contribution in [2.75, 3.05) is 0 Å². The Kier molecular flexibility index (Phi) is 4.72. The van der Waals surface area contributed by atoms with Gasteiger partial charge in [0.15, 0.2) is 0 Å². The van der Waals surface area contributed by atoms with Crippen LogP contribution in [0.3, 0.4) is 0 Å². The zero-order valence-electron chi connectivity index (χ0n) is 14.7. The Morgan fingerprint density at radius 1 is 1.31 bits per heavy atom. The van der Waals surface area contributed by atoms with Crippen molar-refractivity contribution < 1.29 is 13.9 Å². The lowest BCUT2D eigenvalue weighted by molar-refractivity contribution is 0.361. The Labute approximate surface area is 156 Å². The summed E-state index contributed by atoms with van der Waals surface area (Å²) in [6, 6.07) is 9.41. The molecular weight excluding hydrogens is 348 g/mol. The molecular formula is C21H22O4S. The Morgan fingerprint density at radius 3 is 2.73 bits per heavy atom. The summed E-state index contributed by atoms with van der Waals surface area (Å²) in [5.74, 6) is 1.89. The molecule has 5 heteroatoms. The van der Waals surface area contributed by atoms with Crippen LogP contribution in [0.1, 0.15) is 60.0 Å². The SMILES string of the molecule is CCC(c1cccs1)c1c(O)cc(C(Cc2ccco2)C2CC2)oc1=O. The van der Waals surface area contributed by atoms with E-state index in [1.54, 1.807) is 23.7 Å². The van der Waals surface area contributed by atoms with Crippen molar-refractivity contribution >= 4 is 11.3 Å². The van der Waals surface area contributed by atoms with Crippen LogP contribution >= 0.6 is 11.3 Å². The molecule has 3 aromatic heterocycles. The molecule has 136 valence electrons. The van der Waals surface area contributed by atoms with Crippen molar-refractivity contribution in [2.45, 2.75) is 44.4 Å². The van der Waals surface area contributed by atoms with E-state index >= 15 is 0 Å². The highest BCUT2D eigenvalue weighted by atomic mass is 32.1. The van der Waals surface area contributed by atoms with Gasteiger partial charge in [-0.25, -0.2) is 4.79 Å². The number of furan rings is 1. The topological polar surface area (TPSA) is 63.6 Å². The normalized spacial score (nSPS) is 16.5. The monoisotopic (exact) mass is 370 g/mol. The van der Waals surface area contributed by atoms with Crippen LogP contribution in [-0.2, 0) is 6.42 Å². The van der Waals surface area contributed by atoms with Crippen LogP contribution in [0.25, 0.3) is 0 Å². The van der Waals surface area contributed by atoms with Gasteiger partial charge in [0, 0.05) is 29.2 Å². The van der Waals surface area contributed by atoms with Gasteiger partial charge in [-0.3, -0.25) is 0 Å². The van der Waals surface area contributed by atoms with Crippen LogP contribution in [0.4, 0.5) is 0 Å². The molecule has 3 heterocycles. The Bertz CT molecular complexity index is 904. The van der Waals surface area contributed by atoms with Gasteiger partial charge in [0.25, 0.3) is 0 Å². The summed E-state index contributed by atoms with van der Waals surface area (Å²) in [5.41, 5.74) is -0.0587. The number of hydrogen-bond acceptors (Lipinski definition) is 5. The second-order valence-corrected chi connectivity index (χ2v) is 7.92. The van der Waals surface area contributed by atoms with Crippen molar-refractivity contribution in [3.8, 4) is 5.75 Å². The molecule has 26 heavy (non-hydrogen) atoms. The summed E-state index contributed by atoms with van der Waals surface area (Å²) in [7, 11) is 0. The Morgan fingerprint density at radius 2 is 2.15 bits per heavy atom. The van der Waals surface area contributed by atoms with Gasteiger partial charge in [-0.15, -0.1) is 11.3 Å². The van der Waals surface area contributed by atoms with Crippen LogP contribution in [0.15, 0.2) is 55.6 Å². The minimum atomic E-state index is -0.426. The van der Waals surface area contributed by atoms with Crippen LogP contribution in [0.2, 0.25) is 0 Å². The molecule has 4 rings (SSSR count). The first-order valence-electron chi connectivity index (χ1n) is 9.10. The van der Waals surface area contributed by atoms with Gasteiger partial charge < -0.3 is 13.9 Å². The number of hydrogen-bond donors (Lipinski definition) is 1. The molecule has 1 saturated carbocycles. The number of thiophene rings is 1. The third-order valence-corrected chi connectivity index (χ3v) is 6.17. The minimum absolute atomic E-state index is 0.0431. The van der Waals surface area contributed by atoms with Gasteiger partial charge in [-0.2, -0.15) is 0 Å². The summed E-state index contributed by atoms with van der Waals surface area (Å²) in [5, 5.41) is 12.7. The molecule has 1 fully saturated rings. The third kappa shape index (κ3) is 3.36. The molecule has 1 aliphatic carbocycles. The average molecular weight is 370 g/mol. The summed E-state index contributed by atoms with van der Waals surface area (Å²) in [6.07, 6.45) is 5.30. The fourth-order valence-corrected chi connectivity index (χ4v) is 4.61. The molecule has 2 unspecified atom stereocenters. The van der Waals surface area contributed by atoms with E-state index in [2.05, 4.69) is 0 Å². The van der Waals surface area contributed by atoms with Gasteiger partial charge in [0.05, 0.1) is 11.8 Å². The van der Waals surface area contributed by atoms with Gasteiger partial charge in [0.1, 0.15) is 17.3 Å². The summed E-state index contributed by atoms with van der Waals surface area (Å²) in [4.78, 5) is 13.8. The largest absolute Gasteiger partial charge is 0.507 e. The molecule has 0 spiro atoms. The number of aromatic hydroxyl groups is 1. The Hall–Kier alpha value is -2.27. The average Bonchev–Trinajstić information content (AvgIpc) is 3.10. The highest BCUT2D eigenvalue weighted by Gasteiger charge is 2.36. The summed E-state index contributed by atoms with van der Waals surface area (Å²) >= 11 is 1.59. The van der Waals surface area contributed by atoms with E-state index in [1.807, 2.05) is 36.6 Å². The van der Waals surface area contributed by atoms with Crippen LogP contribution < -0.4 is 5.63 Å². The van der Waals surface area contributed by atoms with Crippen molar-refractivity contribution in [3.05, 3.63) is 74.4 Å². The first-order chi connectivity index (χ1) is 12.7. The molecule has 0 radical (unpaired) electrons. The van der Waals surface area contributed by atoms with Crippen molar-refractivity contribution in [3.63, 3.8) is 0 Å². The van der Waals surface area contributed by atoms with Gasteiger partial charge in [0.2, 0.25) is 0 Å². The molecule has 2 atom stereocenters. The van der Waals surface area contributed by atoms with E-state index in [0.29, 0.717) is 23.7 Å². The molecule has 4 nitrogen and oxygen atoms in total. The number of rotatable bonds is 7. The maximum Gasteiger partial charge on any atom is 0.343 e. The van der Waals surface area contributed by atoms with Crippen molar-refractivity contribution in [1.82, 2.24) is 0 Å². The smallest absolute Gasteiger partial charge is 0.343 e. The second-order valence-electron chi connectivity index (χ2n) is 6.94. The maximum atomic E-state index is 12.8. The molecule has 0 aliphatic heterocycles.